The third kappa shape index (κ3) is 52.2. The summed E-state index contributed by atoms with van der Waals surface area (Å²) in [6, 6.07) is -1.03. The molecule has 11 nitrogen and oxygen atoms in total. The normalized spacial score (nSPS) is 18.5. The Bertz CT molecular complexity index is 1790. The summed E-state index contributed by atoms with van der Waals surface area (Å²) in [5.74, 6) is -1.19. The zero-order valence-corrected chi connectivity index (χ0v) is 58.2. The first-order chi connectivity index (χ1) is 44.2. The summed E-state index contributed by atoms with van der Waals surface area (Å²) in [7, 11) is 0. The van der Waals surface area contributed by atoms with Crippen molar-refractivity contribution in [3.05, 3.63) is 85.1 Å². The monoisotopic (exact) mass is 1260 g/mol. The Kier molecular flexibility index (Phi) is 62.1. The third-order valence-electron chi connectivity index (χ3n) is 17.6. The van der Waals surface area contributed by atoms with Crippen molar-refractivity contribution >= 4 is 11.9 Å². The molecule has 6 N–H and O–H groups in total. The number of hydrogen-bond acceptors (Lipinski definition) is 10. The van der Waals surface area contributed by atoms with Crippen LogP contribution >= 0.6 is 0 Å². The van der Waals surface area contributed by atoms with E-state index in [1.807, 2.05) is 6.08 Å². The predicted octanol–water partition coefficient (Wildman–Crippen LogP) is 20.0. The van der Waals surface area contributed by atoms with Gasteiger partial charge in [0.15, 0.2) is 12.4 Å². The van der Waals surface area contributed by atoms with Gasteiger partial charge in [0.1, 0.15) is 24.4 Å². The lowest BCUT2D eigenvalue weighted by Crippen LogP contribution is -2.61. The molecule has 8 unspecified atom stereocenters. The molecule has 0 aliphatic carbocycles. The Morgan fingerprint density at radius 2 is 0.800 bits per heavy atom. The van der Waals surface area contributed by atoms with Crippen LogP contribution in [0.4, 0.5) is 0 Å². The van der Waals surface area contributed by atoms with E-state index in [2.05, 4.69) is 99.0 Å². The molecule has 1 amide bonds. The summed E-state index contributed by atoms with van der Waals surface area (Å²) in [6.07, 6.45) is 77.7. The number of aliphatic hydroxyl groups is 5. The Labute approximate surface area is 553 Å². The van der Waals surface area contributed by atoms with Crippen molar-refractivity contribution < 1.29 is 49.3 Å². The smallest absolute Gasteiger partial charge is 0.306 e. The molecule has 11 heteroatoms. The zero-order chi connectivity index (χ0) is 65.3. The minimum atomic E-state index is -1.62. The van der Waals surface area contributed by atoms with Crippen LogP contribution in [-0.4, -0.2) is 99.6 Å². The second kappa shape index (κ2) is 65.9. The quantitative estimate of drug-likeness (QED) is 0.0195. The number of unbranched alkanes of at least 4 members (excludes halogenated alkanes) is 39. The molecule has 0 radical (unpaired) electrons. The second-order valence-corrected chi connectivity index (χ2v) is 26.0. The lowest BCUT2D eigenvalue weighted by Gasteiger charge is -2.41. The fourth-order valence-corrected chi connectivity index (χ4v) is 11.7. The van der Waals surface area contributed by atoms with Gasteiger partial charge < -0.3 is 45.1 Å². The number of rotatable bonds is 65. The van der Waals surface area contributed by atoms with Crippen molar-refractivity contribution in [3.63, 3.8) is 0 Å². The van der Waals surface area contributed by atoms with Gasteiger partial charge in [0.25, 0.3) is 0 Å². The van der Waals surface area contributed by atoms with Gasteiger partial charge in [0.2, 0.25) is 5.91 Å². The van der Waals surface area contributed by atoms with Gasteiger partial charge in [0.05, 0.1) is 25.4 Å². The van der Waals surface area contributed by atoms with Crippen LogP contribution in [0.15, 0.2) is 85.1 Å². The van der Waals surface area contributed by atoms with Crippen LogP contribution in [0.25, 0.3) is 0 Å². The first kappa shape index (κ1) is 84.9. The van der Waals surface area contributed by atoms with Crippen molar-refractivity contribution in [2.45, 2.75) is 391 Å². The SMILES string of the molecule is CC/C=C\C/C=C\C/C=C\C/C=C\C/C=C\C/C=C\CCCCCCCCCC(O)C(=O)NC(COC1OC(CO)C(O)C(O)C1OC(=O)CCCCCCCCCCCCCCCCCCCCCCCCC)C(O)/C=C/CCCCCCCCCCCC. The van der Waals surface area contributed by atoms with E-state index in [1.165, 1.54) is 180 Å². The molecule has 0 aromatic heterocycles. The molecule has 0 spiro atoms. The maximum absolute atomic E-state index is 13.5. The standard InChI is InChI=1S/C79H141NO10/c1-4-7-10-13-16-19-22-25-27-29-31-33-35-36-37-39-40-42-44-46-48-51-54-57-60-63-66-72(83)78(87)80-70(71(82)65-62-59-56-53-50-24-21-18-15-12-9-6-3)69-88-79-77(76(86)75(85)73(68-81)89-79)90-74(84)67-64-61-58-55-52-49-47-45-43-41-38-34-32-30-28-26-23-20-17-14-11-8-5-2/h7,10,16,19,25,27,31,33,36-37,40,42,62,65,70-73,75-77,79,81-83,85-86H,4-6,8-9,11-15,17-18,20-24,26,28-30,32,34-35,38-39,41,43-61,63-64,66-69H2,1-3H3,(H,80,87)/b10-7-,19-16-,27-25-,33-31-,37-36-,42-40-,65-62+. The highest BCUT2D eigenvalue weighted by Crippen LogP contribution is 2.26. The van der Waals surface area contributed by atoms with E-state index in [9.17, 15) is 35.1 Å². The van der Waals surface area contributed by atoms with Crippen LogP contribution < -0.4 is 5.32 Å². The van der Waals surface area contributed by atoms with Gasteiger partial charge in [-0.15, -0.1) is 0 Å². The number of allylic oxidation sites excluding steroid dienone is 13. The molecule has 522 valence electrons. The van der Waals surface area contributed by atoms with Gasteiger partial charge in [0, 0.05) is 6.42 Å². The summed E-state index contributed by atoms with van der Waals surface area (Å²) in [5.41, 5.74) is 0. The van der Waals surface area contributed by atoms with E-state index in [-0.39, 0.29) is 19.4 Å². The number of hydrogen-bond donors (Lipinski definition) is 6. The summed E-state index contributed by atoms with van der Waals surface area (Å²) in [6.45, 7) is 5.72. The van der Waals surface area contributed by atoms with Gasteiger partial charge in [-0.05, 0) is 77.0 Å². The molecule has 8 atom stereocenters. The largest absolute Gasteiger partial charge is 0.454 e. The van der Waals surface area contributed by atoms with E-state index in [0.717, 1.165) is 116 Å². The zero-order valence-electron chi connectivity index (χ0n) is 58.2. The van der Waals surface area contributed by atoms with Crippen molar-refractivity contribution in [3.8, 4) is 0 Å². The first-order valence-electron chi connectivity index (χ1n) is 37.9. The van der Waals surface area contributed by atoms with E-state index in [0.29, 0.717) is 12.8 Å². The Hall–Kier alpha value is -3.16. The summed E-state index contributed by atoms with van der Waals surface area (Å²) >= 11 is 0. The number of esters is 1. The number of carbonyl (C=O) groups is 2. The lowest BCUT2D eigenvalue weighted by molar-refractivity contribution is -0.305. The molecule has 1 aliphatic rings. The number of nitrogens with one attached hydrogen (secondary N) is 1. The molecule has 1 saturated heterocycles. The number of carbonyl (C=O) groups excluding carboxylic acids is 2. The fourth-order valence-electron chi connectivity index (χ4n) is 11.7. The molecule has 1 aliphatic heterocycles. The average Bonchev–Trinajstić information content (AvgIpc) is 1.11. The van der Waals surface area contributed by atoms with Gasteiger partial charge in [-0.25, -0.2) is 0 Å². The van der Waals surface area contributed by atoms with Gasteiger partial charge in [-0.3, -0.25) is 9.59 Å². The van der Waals surface area contributed by atoms with Crippen LogP contribution in [0.5, 0.6) is 0 Å². The third-order valence-corrected chi connectivity index (χ3v) is 17.6. The molecule has 0 bridgehead atoms. The van der Waals surface area contributed by atoms with Crippen LogP contribution in [0, 0.1) is 0 Å². The minimum Gasteiger partial charge on any atom is -0.454 e. The highest BCUT2D eigenvalue weighted by molar-refractivity contribution is 5.80. The van der Waals surface area contributed by atoms with Gasteiger partial charge in [-0.1, -0.05) is 343 Å². The molecule has 1 fully saturated rings. The van der Waals surface area contributed by atoms with Gasteiger partial charge in [-0.2, -0.15) is 0 Å². The molecule has 1 rings (SSSR count). The second-order valence-electron chi connectivity index (χ2n) is 26.0. The Balaban J connectivity index is 2.54. The molecular formula is C79H141NO10. The van der Waals surface area contributed by atoms with Crippen LogP contribution in [0.2, 0.25) is 0 Å². The number of ether oxygens (including phenoxy) is 3. The molecule has 0 saturated carbocycles. The van der Waals surface area contributed by atoms with Crippen molar-refractivity contribution in [1.82, 2.24) is 5.32 Å². The Morgan fingerprint density at radius 3 is 1.20 bits per heavy atom. The first-order valence-corrected chi connectivity index (χ1v) is 37.9. The summed E-state index contributed by atoms with van der Waals surface area (Å²) in [5, 5.41) is 57.3. The van der Waals surface area contributed by atoms with E-state index in [4.69, 9.17) is 14.2 Å². The molecule has 90 heavy (non-hydrogen) atoms. The van der Waals surface area contributed by atoms with Crippen molar-refractivity contribution in [1.29, 1.82) is 0 Å². The topological polar surface area (TPSA) is 175 Å². The average molecular weight is 1260 g/mol. The van der Waals surface area contributed by atoms with Crippen LogP contribution in [-0.2, 0) is 23.8 Å². The van der Waals surface area contributed by atoms with E-state index in [1.54, 1.807) is 6.08 Å². The lowest BCUT2D eigenvalue weighted by atomic mass is 9.99. The maximum Gasteiger partial charge on any atom is 0.306 e. The maximum atomic E-state index is 13.5. The molecule has 1 heterocycles. The van der Waals surface area contributed by atoms with Crippen LogP contribution in [0.1, 0.15) is 342 Å². The Morgan fingerprint density at radius 1 is 0.444 bits per heavy atom. The minimum absolute atomic E-state index is 0.125. The van der Waals surface area contributed by atoms with E-state index < -0.39 is 67.4 Å². The van der Waals surface area contributed by atoms with E-state index >= 15 is 0 Å². The predicted molar refractivity (Wildman–Crippen MR) is 379 cm³/mol. The summed E-state index contributed by atoms with van der Waals surface area (Å²) in [4.78, 5) is 26.7. The molecule has 0 aromatic rings. The molecule has 0 aromatic carbocycles. The molecular weight excluding hydrogens is 1120 g/mol. The van der Waals surface area contributed by atoms with Crippen molar-refractivity contribution in [2.75, 3.05) is 13.2 Å². The highest BCUT2D eigenvalue weighted by Gasteiger charge is 2.47. The highest BCUT2D eigenvalue weighted by atomic mass is 16.7. The van der Waals surface area contributed by atoms with Gasteiger partial charge >= 0.3 is 5.97 Å². The van der Waals surface area contributed by atoms with Crippen LogP contribution in [0.3, 0.4) is 0 Å². The summed E-state index contributed by atoms with van der Waals surface area (Å²) < 4.78 is 17.7. The fraction of sp³-hybridized carbons (Fsp3) is 0.797. The number of aliphatic hydroxyl groups excluding tert-OH is 5. The number of amides is 1. The van der Waals surface area contributed by atoms with Crippen molar-refractivity contribution in [2.24, 2.45) is 0 Å².